The van der Waals surface area contributed by atoms with E-state index >= 15 is 0 Å². The number of nitrogens with zero attached hydrogens (tertiary/aromatic N) is 1. The number of benzene rings is 3. The van der Waals surface area contributed by atoms with Gasteiger partial charge in [0.15, 0.2) is 6.10 Å². The van der Waals surface area contributed by atoms with E-state index in [1.807, 2.05) is 0 Å². The molecular weight excluding hydrogens is 496 g/mol. The van der Waals surface area contributed by atoms with E-state index in [-0.39, 0.29) is 31.1 Å². The molecule has 0 fully saturated rings. The van der Waals surface area contributed by atoms with Crippen molar-refractivity contribution in [3.8, 4) is 11.5 Å². The molecule has 1 amide bonds. The van der Waals surface area contributed by atoms with Gasteiger partial charge in [-0.2, -0.15) is 0 Å². The molecule has 3 aromatic carbocycles. The van der Waals surface area contributed by atoms with Crippen LogP contribution in [0.3, 0.4) is 0 Å². The van der Waals surface area contributed by atoms with Crippen LogP contribution in [0.2, 0.25) is 0 Å². The molecule has 9 heteroatoms. The summed E-state index contributed by atoms with van der Waals surface area (Å²) in [4.78, 5) is 25.6. The highest BCUT2D eigenvalue weighted by Crippen LogP contribution is 2.16. The molecule has 0 aliphatic rings. The zero-order chi connectivity index (χ0) is 27.3. The molecule has 0 aliphatic heterocycles. The Kier molecular flexibility index (Phi) is 11.0. The summed E-state index contributed by atoms with van der Waals surface area (Å²) in [5.74, 6) is -1.18. The first-order valence-electron chi connectivity index (χ1n) is 12.4. The Balaban J connectivity index is 1.56. The van der Waals surface area contributed by atoms with Crippen molar-refractivity contribution < 1.29 is 37.7 Å². The maximum atomic E-state index is 13.5. The molecule has 202 valence electrons. The van der Waals surface area contributed by atoms with Gasteiger partial charge in [-0.1, -0.05) is 30.3 Å². The lowest BCUT2D eigenvalue weighted by atomic mass is 10.1. The third-order valence-corrected chi connectivity index (χ3v) is 5.68. The summed E-state index contributed by atoms with van der Waals surface area (Å²) in [5, 5.41) is 9.25. The molecule has 0 aliphatic carbocycles. The number of hydrogen-bond donors (Lipinski definition) is 1. The molecule has 0 radical (unpaired) electrons. The number of ether oxygens (including phenoxy) is 3. The second-order valence-corrected chi connectivity index (χ2v) is 8.52. The second kappa shape index (κ2) is 14.7. The molecule has 0 saturated heterocycles. The number of carboxylic acid groups (broad SMARTS) is 1. The summed E-state index contributed by atoms with van der Waals surface area (Å²) in [6, 6.07) is 18.5. The van der Waals surface area contributed by atoms with E-state index in [2.05, 4.69) is 0 Å². The Morgan fingerprint density at radius 2 is 1.61 bits per heavy atom. The lowest BCUT2D eigenvalue weighted by molar-refractivity contribution is -0.149. The third kappa shape index (κ3) is 9.48. The van der Waals surface area contributed by atoms with Crippen LogP contribution in [0.15, 0.2) is 72.8 Å². The Morgan fingerprint density at radius 3 is 2.26 bits per heavy atom. The average molecular weight is 528 g/mol. The predicted octanol–water partition coefficient (Wildman–Crippen LogP) is 5.51. The zero-order valence-electron chi connectivity index (χ0n) is 21.1. The van der Waals surface area contributed by atoms with E-state index in [0.717, 1.165) is 17.2 Å². The van der Waals surface area contributed by atoms with Crippen molar-refractivity contribution in [1.82, 2.24) is 4.90 Å². The van der Waals surface area contributed by atoms with Crippen molar-refractivity contribution in [3.63, 3.8) is 0 Å². The first-order valence-corrected chi connectivity index (χ1v) is 12.4. The van der Waals surface area contributed by atoms with Gasteiger partial charge in [-0.05, 0) is 67.3 Å². The number of rotatable bonds is 14. The van der Waals surface area contributed by atoms with Crippen molar-refractivity contribution in [2.24, 2.45) is 0 Å². The lowest BCUT2D eigenvalue weighted by Gasteiger charge is -2.22. The molecule has 38 heavy (non-hydrogen) atoms. The van der Waals surface area contributed by atoms with Crippen molar-refractivity contribution in [2.75, 3.05) is 26.3 Å². The number of hydrogen-bond acceptors (Lipinski definition) is 5. The number of aliphatic carboxylic acids is 1. The smallest absolute Gasteiger partial charge is 0.415 e. The molecule has 1 atom stereocenters. The number of amides is 1. The van der Waals surface area contributed by atoms with Crippen molar-refractivity contribution in [1.29, 1.82) is 0 Å². The Bertz CT molecular complexity index is 1170. The van der Waals surface area contributed by atoms with Gasteiger partial charge < -0.3 is 24.2 Å². The minimum atomic E-state index is -1.02. The fraction of sp³-hybridized carbons (Fsp3) is 0.310. The van der Waals surface area contributed by atoms with Gasteiger partial charge in [-0.3, -0.25) is 0 Å². The maximum absolute atomic E-state index is 13.5. The third-order valence-electron chi connectivity index (χ3n) is 5.68. The fourth-order valence-electron chi connectivity index (χ4n) is 3.74. The maximum Gasteiger partial charge on any atom is 0.415 e. The van der Waals surface area contributed by atoms with Crippen LogP contribution < -0.4 is 9.47 Å². The molecule has 1 unspecified atom stereocenters. The van der Waals surface area contributed by atoms with Gasteiger partial charge in [-0.25, -0.2) is 18.4 Å². The standard InChI is InChI=1S/C29H31F2NO6/c1-2-36-27(28(33)34)19-22-10-14-25(15-11-22)37-18-17-32(16-4-5-21-8-12-23(30)13-9-21)29(35)38-26-7-3-6-24(31)20-26/h3,6-15,20,27H,2,4-5,16-19H2,1H3,(H,33,34). The quantitative estimate of drug-likeness (QED) is 0.298. The van der Waals surface area contributed by atoms with E-state index in [4.69, 9.17) is 14.2 Å². The Labute approximate surface area is 220 Å². The molecule has 0 aromatic heterocycles. The fourth-order valence-corrected chi connectivity index (χ4v) is 3.74. The minimum Gasteiger partial charge on any atom is -0.492 e. The summed E-state index contributed by atoms with van der Waals surface area (Å²) < 4.78 is 43.1. The topological polar surface area (TPSA) is 85.3 Å². The lowest BCUT2D eigenvalue weighted by Crippen LogP contribution is -2.37. The molecule has 0 saturated carbocycles. The molecule has 7 nitrogen and oxygen atoms in total. The highest BCUT2D eigenvalue weighted by atomic mass is 19.1. The second-order valence-electron chi connectivity index (χ2n) is 8.52. The van der Waals surface area contributed by atoms with Crippen LogP contribution in [0.4, 0.5) is 13.6 Å². The molecule has 3 aromatic rings. The van der Waals surface area contributed by atoms with Crippen LogP contribution in [-0.2, 0) is 22.4 Å². The Morgan fingerprint density at radius 1 is 0.895 bits per heavy atom. The SMILES string of the molecule is CCOC(Cc1ccc(OCCN(CCCc2ccc(F)cc2)C(=O)Oc2cccc(F)c2)cc1)C(=O)O. The molecule has 1 N–H and O–H groups in total. The van der Waals surface area contributed by atoms with Gasteiger partial charge in [0.1, 0.15) is 29.7 Å². The first kappa shape index (κ1) is 28.6. The number of halogens is 2. The molecule has 0 spiro atoms. The summed E-state index contributed by atoms with van der Waals surface area (Å²) in [7, 11) is 0. The predicted molar refractivity (Wildman–Crippen MR) is 137 cm³/mol. The number of carbonyl (C=O) groups is 2. The van der Waals surface area contributed by atoms with Crippen molar-refractivity contribution >= 4 is 12.1 Å². The zero-order valence-corrected chi connectivity index (χ0v) is 21.1. The summed E-state index contributed by atoms with van der Waals surface area (Å²) in [6.07, 6.45) is -0.0881. The van der Waals surface area contributed by atoms with Crippen LogP contribution in [-0.4, -0.2) is 54.5 Å². The van der Waals surface area contributed by atoms with Gasteiger partial charge >= 0.3 is 12.1 Å². The highest BCUT2D eigenvalue weighted by molar-refractivity contribution is 5.72. The van der Waals surface area contributed by atoms with E-state index in [1.54, 1.807) is 43.3 Å². The van der Waals surface area contributed by atoms with E-state index in [0.29, 0.717) is 31.7 Å². The van der Waals surface area contributed by atoms with Crippen LogP contribution in [0.1, 0.15) is 24.5 Å². The number of carboxylic acids is 1. The van der Waals surface area contributed by atoms with Gasteiger partial charge in [0.25, 0.3) is 0 Å². The van der Waals surface area contributed by atoms with Crippen LogP contribution in [0.5, 0.6) is 11.5 Å². The first-order chi connectivity index (χ1) is 18.3. The van der Waals surface area contributed by atoms with E-state index in [1.165, 1.54) is 35.2 Å². The van der Waals surface area contributed by atoms with E-state index in [9.17, 15) is 23.5 Å². The molecule has 0 heterocycles. The Hall–Kier alpha value is -3.98. The van der Waals surface area contributed by atoms with E-state index < -0.39 is 24.0 Å². The highest BCUT2D eigenvalue weighted by Gasteiger charge is 2.18. The van der Waals surface area contributed by atoms with Crippen LogP contribution in [0, 0.1) is 11.6 Å². The number of carbonyl (C=O) groups excluding carboxylic acids is 1. The van der Waals surface area contributed by atoms with Gasteiger partial charge in [-0.15, -0.1) is 0 Å². The average Bonchev–Trinajstić information content (AvgIpc) is 2.89. The molecular formula is C29H31F2NO6. The number of aryl methyl sites for hydroxylation is 1. The summed E-state index contributed by atoms with van der Waals surface area (Å²) in [5.41, 5.74) is 1.73. The van der Waals surface area contributed by atoms with Gasteiger partial charge in [0.2, 0.25) is 0 Å². The van der Waals surface area contributed by atoms with Crippen LogP contribution >= 0.6 is 0 Å². The summed E-state index contributed by atoms with van der Waals surface area (Å²) >= 11 is 0. The molecule has 3 rings (SSSR count). The monoisotopic (exact) mass is 527 g/mol. The normalized spacial score (nSPS) is 11.6. The van der Waals surface area contributed by atoms with Gasteiger partial charge in [0.05, 0.1) is 6.54 Å². The molecule has 0 bridgehead atoms. The largest absolute Gasteiger partial charge is 0.492 e. The van der Waals surface area contributed by atoms with Crippen LogP contribution in [0.25, 0.3) is 0 Å². The minimum absolute atomic E-state index is 0.0989. The summed E-state index contributed by atoms with van der Waals surface area (Å²) in [6.45, 7) is 2.78. The van der Waals surface area contributed by atoms with Gasteiger partial charge in [0, 0.05) is 25.6 Å². The van der Waals surface area contributed by atoms with Crippen molar-refractivity contribution in [3.05, 3.63) is 95.6 Å². The van der Waals surface area contributed by atoms with Crippen molar-refractivity contribution in [2.45, 2.75) is 32.3 Å².